The molecule has 4 heteroatoms. The highest BCUT2D eigenvalue weighted by Gasteiger charge is 2.23. The Bertz CT molecular complexity index is 989. The number of nitrogens with zero attached hydrogens (tertiary/aromatic N) is 1. The normalized spacial score (nSPS) is 14.4. The summed E-state index contributed by atoms with van der Waals surface area (Å²) < 4.78 is 11.1. The molecule has 2 heterocycles. The van der Waals surface area contributed by atoms with Crippen molar-refractivity contribution in [3.63, 3.8) is 0 Å². The summed E-state index contributed by atoms with van der Waals surface area (Å²) in [6, 6.07) is 14.4. The molecule has 0 N–H and O–H groups in total. The zero-order chi connectivity index (χ0) is 18.1. The molecule has 0 saturated carbocycles. The van der Waals surface area contributed by atoms with Gasteiger partial charge >= 0.3 is 5.63 Å². The molecule has 3 aromatic rings. The standard InChI is InChI=1S/C22H23NO3/c1-3-25-17-8-9-19-18-10-11-23(13-16-6-4-15(2)5-7-16)14-20(18)22(24)26-21(19)12-17/h4-9,12H,3,10-11,13-14H2,1-2H3. The topological polar surface area (TPSA) is 42.7 Å². The Morgan fingerprint density at radius 2 is 1.92 bits per heavy atom. The average Bonchev–Trinajstić information content (AvgIpc) is 2.64. The van der Waals surface area contributed by atoms with Gasteiger partial charge in [0.1, 0.15) is 11.3 Å². The van der Waals surface area contributed by atoms with Gasteiger partial charge in [-0.25, -0.2) is 4.79 Å². The summed E-state index contributed by atoms with van der Waals surface area (Å²) in [5.41, 5.74) is 4.84. The number of ether oxygens (including phenoxy) is 1. The van der Waals surface area contributed by atoms with Crippen LogP contribution in [0.3, 0.4) is 0 Å². The molecule has 134 valence electrons. The Labute approximate surface area is 153 Å². The predicted octanol–water partition coefficient (Wildman–Crippen LogP) is 4.06. The zero-order valence-electron chi connectivity index (χ0n) is 15.2. The third kappa shape index (κ3) is 3.25. The third-order valence-corrected chi connectivity index (χ3v) is 4.99. The lowest BCUT2D eigenvalue weighted by Crippen LogP contribution is -2.33. The molecule has 0 amide bonds. The van der Waals surface area contributed by atoms with Gasteiger partial charge in [0.15, 0.2) is 0 Å². The monoisotopic (exact) mass is 349 g/mol. The fraction of sp³-hybridized carbons (Fsp3) is 0.318. The minimum atomic E-state index is -0.227. The summed E-state index contributed by atoms with van der Waals surface area (Å²) in [6.07, 6.45) is 0.858. The van der Waals surface area contributed by atoms with Crippen LogP contribution in [0.25, 0.3) is 11.0 Å². The molecule has 4 rings (SSSR count). The largest absolute Gasteiger partial charge is 0.494 e. The summed E-state index contributed by atoms with van der Waals surface area (Å²) >= 11 is 0. The number of hydrogen-bond donors (Lipinski definition) is 0. The quantitative estimate of drug-likeness (QED) is 0.666. The minimum Gasteiger partial charge on any atom is -0.494 e. The Kier molecular flexibility index (Phi) is 4.51. The van der Waals surface area contributed by atoms with Crippen LogP contribution < -0.4 is 10.4 Å². The van der Waals surface area contributed by atoms with Gasteiger partial charge in [-0.3, -0.25) is 4.90 Å². The lowest BCUT2D eigenvalue weighted by molar-refractivity contribution is 0.241. The lowest BCUT2D eigenvalue weighted by Gasteiger charge is -2.28. The molecular formula is C22H23NO3. The summed E-state index contributed by atoms with van der Waals surface area (Å²) in [4.78, 5) is 14.9. The first-order chi connectivity index (χ1) is 12.6. The van der Waals surface area contributed by atoms with Gasteiger partial charge in [0.05, 0.1) is 12.2 Å². The van der Waals surface area contributed by atoms with Gasteiger partial charge < -0.3 is 9.15 Å². The fourth-order valence-electron chi connectivity index (χ4n) is 3.64. The van der Waals surface area contributed by atoms with E-state index in [9.17, 15) is 4.79 Å². The van der Waals surface area contributed by atoms with Gasteiger partial charge in [-0.2, -0.15) is 0 Å². The maximum absolute atomic E-state index is 12.6. The summed E-state index contributed by atoms with van der Waals surface area (Å²) in [7, 11) is 0. The predicted molar refractivity (Wildman–Crippen MR) is 103 cm³/mol. The highest BCUT2D eigenvalue weighted by Crippen LogP contribution is 2.28. The smallest absolute Gasteiger partial charge is 0.341 e. The first-order valence-electron chi connectivity index (χ1n) is 9.13. The molecule has 0 atom stereocenters. The van der Waals surface area contributed by atoms with E-state index in [1.165, 1.54) is 11.1 Å². The van der Waals surface area contributed by atoms with Crippen LogP contribution in [0.4, 0.5) is 0 Å². The second kappa shape index (κ2) is 6.96. The van der Waals surface area contributed by atoms with Crippen molar-refractivity contribution < 1.29 is 9.15 Å². The van der Waals surface area contributed by atoms with Crippen LogP contribution in [0, 0.1) is 6.92 Å². The molecule has 1 aromatic heterocycles. The molecule has 0 aliphatic carbocycles. The molecule has 1 aliphatic rings. The highest BCUT2D eigenvalue weighted by atomic mass is 16.5. The van der Waals surface area contributed by atoms with Crippen LogP contribution in [0.1, 0.15) is 29.2 Å². The van der Waals surface area contributed by atoms with Gasteiger partial charge in [-0.1, -0.05) is 29.8 Å². The summed E-state index contributed by atoms with van der Waals surface area (Å²) in [6.45, 7) is 7.04. The number of benzene rings is 2. The molecule has 26 heavy (non-hydrogen) atoms. The Morgan fingerprint density at radius 1 is 1.12 bits per heavy atom. The minimum absolute atomic E-state index is 0.227. The van der Waals surface area contributed by atoms with E-state index in [4.69, 9.17) is 9.15 Å². The number of rotatable bonds is 4. The van der Waals surface area contributed by atoms with E-state index < -0.39 is 0 Å². The molecule has 0 radical (unpaired) electrons. The molecule has 0 saturated heterocycles. The van der Waals surface area contributed by atoms with Gasteiger partial charge in [0, 0.05) is 31.1 Å². The van der Waals surface area contributed by atoms with Crippen LogP contribution >= 0.6 is 0 Å². The molecular weight excluding hydrogens is 326 g/mol. The van der Waals surface area contributed by atoms with Crippen LogP contribution in [0.2, 0.25) is 0 Å². The van der Waals surface area contributed by atoms with Crippen molar-refractivity contribution in [1.29, 1.82) is 0 Å². The van der Waals surface area contributed by atoms with E-state index in [2.05, 4.69) is 36.1 Å². The van der Waals surface area contributed by atoms with Crippen molar-refractivity contribution >= 4 is 11.0 Å². The van der Waals surface area contributed by atoms with Crippen LogP contribution in [0.15, 0.2) is 51.7 Å². The molecule has 0 fully saturated rings. The Hall–Kier alpha value is -2.59. The van der Waals surface area contributed by atoms with E-state index in [1.807, 2.05) is 25.1 Å². The van der Waals surface area contributed by atoms with E-state index in [-0.39, 0.29) is 5.63 Å². The summed E-state index contributed by atoms with van der Waals surface area (Å²) in [5.74, 6) is 0.736. The molecule has 1 aliphatic heterocycles. The Balaban J connectivity index is 1.63. The molecule has 0 spiro atoms. The average molecular weight is 349 g/mol. The van der Waals surface area contributed by atoms with Gasteiger partial charge in [0.25, 0.3) is 0 Å². The van der Waals surface area contributed by atoms with E-state index >= 15 is 0 Å². The van der Waals surface area contributed by atoms with Crippen molar-refractivity contribution in [1.82, 2.24) is 4.90 Å². The Morgan fingerprint density at radius 3 is 2.69 bits per heavy atom. The van der Waals surface area contributed by atoms with Crippen molar-refractivity contribution in [3.05, 3.63) is 75.1 Å². The van der Waals surface area contributed by atoms with E-state index in [0.717, 1.165) is 41.8 Å². The molecule has 0 bridgehead atoms. The summed E-state index contributed by atoms with van der Waals surface area (Å²) in [5, 5.41) is 1.03. The van der Waals surface area contributed by atoms with Crippen molar-refractivity contribution in [2.24, 2.45) is 0 Å². The van der Waals surface area contributed by atoms with Crippen LogP contribution in [0.5, 0.6) is 5.75 Å². The molecule has 4 nitrogen and oxygen atoms in total. The van der Waals surface area contributed by atoms with Gasteiger partial charge in [-0.05, 0) is 43.5 Å². The number of hydrogen-bond acceptors (Lipinski definition) is 4. The number of fused-ring (bicyclic) bond motifs is 3. The molecule has 2 aromatic carbocycles. The first-order valence-corrected chi connectivity index (χ1v) is 9.13. The third-order valence-electron chi connectivity index (χ3n) is 4.99. The lowest BCUT2D eigenvalue weighted by atomic mass is 9.97. The van der Waals surface area contributed by atoms with E-state index in [1.54, 1.807) is 0 Å². The van der Waals surface area contributed by atoms with Gasteiger partial charge in [0.2, 0.25) is 0 Å². The van der Waals surface area contributed by atoms with E-state index in [0.29, 0.717) is 18.7 Å². The van der Waals surface area contributed by atoms with Gasteiger partial charge in [-0.15, -0.1) is 0 Å². The number of aryl methyl sites for hydroxylation is 1. The van der Waals surface area contributed by atoms with Crippen LogP contribution in [-0.4, -0.2) is 18.1 Å². The second-order valence-electron chi connectivity index (χ2n) is 6.88. The molecule has 0 unspecified atom stereocenters. The van der Waals surface area contributed by atoms with Crippen molar-refractivity contribution in [2.75, 3.05) is 13.2 Å². The first kappa shape index (κ1) is 16.9. The zero-order valence-corrected chi connectivity index (χ0v) is 15.2. The van der Waals surface area contributed by atoms with Crippen molar-refractivity contribution in [3.8, 4) is 5.75 Å². The second-order valence-corrected chi connectivity index (χ2v) is 6.88. The fourth-order valence-corrected chi connectivity index (χ4v) is 3.64. The van der Waals surface area contributed by atoms with Crippen LogP contribution in [-0.2, 0) is 19.5 Å². The van der Waals surface area contributed by atoms with Crippen molar-refractivity contribution in [2.45, 2.75) is 33.4 Å². The maximum Gasteiger partial charge on any atom is 0.341 e. The maximum atomic E-state index is 12.6. The highest BCUT2D eigenvalue weighted by molar-refractivity contribution is 5.82. The SMILES string of the molecule is CCOc1ccc2c3c(c(=O)oc2c1)CN(Cc1ccc(C)cc1)CC3.